The van der Waals surface area contributed by atoms with Gasteiger partial charge in [0.15, 0.2) is 11.5 Å². The molecule has 0 aliphatic carbocycles. The van der Waals surface area contributed by atoms with Gasteiger partial charge in [0.25, 0.3) is 5.91 Å². The van der Waals surface area contributed by atoms with Crippen molar-refractivity contribution in [1.82, 2.24) is 14.3 Å². The Bertz CT molecular complexity index is 1770. The van der Waals surface area contributed by atoms with Crippen molar-refractivity contribution in [2.24, 2.45) is 5.73 Å². The summed E-state index contributed by atoms with van der Waals surface area (Å²) in [6.07, 6.45) is 0.854. The minimum atomic E-state index is -0.869. The summed E-state index contributed by atoms with van der Waals surface area (Å²) in [5, 5.41) is 20.4. The number of hydrogen-bond acceptors (Lipinski definition) is 10. The molecule has 1 atom stereocenters. The maximum absolute atomic E-state index is 12.7. The third kappa shape index (κ3) is 5.19. The number of aromatic hydroxyl groups is 2. The van der Waals surface area contributed by atoms with Gasteiger partial charge in [-0.1, -0.05) is 11.6 Å². The minimum Gasteiger partial charge on any atom is -0.493 e. The number of benzene rings is 2. The van der Waals surface area contributed by atoms with Gasteiger partial charge in [0.1, 0.15) is 28.1 Å². The number of thiophene rings is 1. The van der Waals surface area contributed by atoms with Crippen molar-refractivity contribution in [3.63, 3.8) is 0 Å². The number of amides is 1. The Labute approximate surface area is 241 Å². The van der Waals surface area contributed by atoms with Crippen LogP contribution in [0.15, 0.2) is 54.9 Å². The average molecular weight is 599 g/mol. The first-order valence-corrected chi connectivity index (χ1v) is 13.1. The van der Waals surface area contributed by atoms with Crippen LogP contribution in [-0.4, -0.2) is 50.6 Å². The second kappa shape index (κ2) is 10.9. The molecule has 0 saturated heterocycles. The number of primary amides is 1. The molecule has 0 aliphatic heterocycles. The number of carbonyl (C=O) groups excluding carboxylic acids is 2. The van der Waals surface area contributed by atoms with Crippen molar-refractivity contribution in [3.8, 4) is 34.0 Å². The molecule has 12 nitrogen and oxygen atoms in total. The molecule has 212 valence electrons. The topological polar surface area (TPSA) is 160 Å². The first-order valence-electron chi connectivity index (χ1n) is 11.9. The number of aromatic nitrogens is 3. The largest absolute Gasteiger partial charge is 0.493 e. The van der Waals surface area contributed by atoms with Crippen LogP contribution >= 0.6 is 22.9 Å². The van der Waals surface area contributed by atoms with Gasteiger partial charge >= 0.3 is 5.97 Å². The number of halogens is 1. The van der Waals surface area contributed by atoms with E-state index in [1.54, 1.807) is 36.0 Å². The molecule has 0 saturated carbocycles. The van der Waals surface area contributed by atoms with Crippen molar-refractivity contribution < 1.29 is 38.9 Å². The minimum absolute atomic E-state index is 0.0720. The van der Waals surface area contributed by atoms with Crippen LogP contribution in [-0.2, 0) is 0 Å². The summed E-state index contributed by atoms with van der Waals surface area (Å²) >= 11 is 7.53. The van der Waals surface area contributed by atoms with Crippen molar-refractivity contribution in [2.45, 2.75) is 13.0 Å². The van der Waals surface area contributed by atoms with E-state index < -0.39 is 29.7 Å². The van der Waals surface area contributed by atoms with Crippen LogP contribution < -0.4 is 24.8 Å². The van der Waals surface area contributed by atoms with E-state index in [-0.39, 0.29) is 16.2 Å². The number of fused-ring (bicyclic) bond motifs is 1. The molecule has 14 heteroatoms. The first kappa shape index (κ1) is 27.7. The maximum Gasteiger partial charge on any atom is 0.363 e. The number of nitrogens with zero attached hydrogens (tertiary/aromatic N) is 3. The van der Waals surface area contributed by atoms with Gasteiger partial charge in [-0.15, -0.1) is 16.1 Å². The summed E-state index contributed by atoms with van der Waals surface area (Å²) in [7, 11) is 3.06. The summed E-state index contributed by atoms with van der Waals surface area (Å²) < 4.78 is 19.2. The van der Waals surface area contributed by atoms with E-state index in [0.717, 1.165) is 23.5 Å². The molecule has 5 rings (SSSR count). The van der Waals surface area contributed by atoms with Gasteiger partial charge in [0.2, 0.25) is 11.8 Å². The molecule has 3 heterocycles. The first-order chi connectivity index (χ1) is 19.6. The van der Waals surface area contributed by atoms with Crippen LogP contribution in [0.25, 0.3) is 16.0 Å². The molecule has 0 radical (unpaired) electrons. The smallest absolute Gasteiger partial charge is 0.363 e. The number of imidazole rings is 1. The standard InChI is InChI=1S/C27H23ClN4O8S/c1-13(15-8-14(4-5-16(15)28)27(36)40-32-22(33)6-7-23(32)34)39-21-11-24(41-25(21)26(29)35)31-12-30-17-9-19(37-2)20(38-3)10-18(17)31/h4-13,33-34H,1-3H3,(H2,29,35)/t13-/m1/s1. The maximum atomic E-state index is 12.7. The van der Waals surface area contributed by atoms with Gasteiger partial charge in [0, 0.05) is 40.9 Å². The Morgan fingerprint density at radius 3 is 2.34 bits per heavy atom. The summed E-state index contributed by atoms with van der Waals surface area (Å²) in [6.45, 7) is 1.69. The van der Waals surface area contributed by atoms with Gasteiger partial charge < -0.3 is 35.0 Å². The summed E-state index contributed by atoms with van der Waals surface area (Å²) in [5.74, 6) is -1.24. The molecule has 5 aromatic rings. The van der Waals surface area contributed by atoms with E-state index in [1.807, 2.05) is 0 Å². The van der Waals surface area contributed by atoms with Gasteiger partial charge in [-0.25, -0.2) is 9.78 Å². The molecule has 41 heavy (non-hydrogen) atoms. The van der Waals surface area contributed by atoms with Gasteiger partial charge in [-0.3, -0.25) is 9.36 Å². The monoisotopic (exact) mass is 598 g/mol. The number of hydrogen-bond donors (Lipinski definition) is 3. The van der Waals surface area contributed by atoms with Crippen molar-refractivity contribution in [2.75, 3.05) is 14.2 Å². The number of nitrogens with two attached hydrogens (primary N) is 1. The quantitative estimate of drug-likeness (QED) is 0.222. The van der Waals surface area contributed by atoms with E-state index in [1.165, 1.54) is 32.4 Å². The predicted octanol–water partition coefficient (Wildman–Crippen LogP) is 4.48. The molecule has 3 aromatic heterocycles. The van der Waals surface area contributed by atoms with Gasteiger partial charge in [-0.2, -0.15) is 0 Å². The van der Waals surface area contributed by atoms with E-state index in [9.17, 15) is 19.8 Å². The fourth-order valence-corrected chi connectivity index (χ4v) is 5.32. The summed E-state index contributed by atoms with van der Waals surface area (Å²) in [4.78, 5) is 34.7. The third-order valence-corrected chi connectivity index (χ3v) is 7.62. The SMILES string of the molecule is COc1cc2ncn(-c3cc(O[C@H](C)c4cc(C(=O)On5c(O)ccc5O)ccc4Cl)c(C(N)=O)s3)c2cc1OC. The van der Waals surface area contributed by atoms with Gasteiger partial charge in [0.05, 0.1) is 30.8 Å². The normalized spacial score (nSPS) is 11.8. The molecule has 0 spiro atoms. The van der Waals surface area contributed by atoms with Crippen LogP contribution in [0.3, 0.4) is 0 Å². The van der Waals surface area contributed by atoms with E-state index in [0.29, 0.717) is 42.8 Å². The predicted molar refractivity (Wildman–Crippen MR) is 150 cm³/mol. The molecule has 0 bridgehead atoms. The summed E-state index contributed by atoms with van der Waals surface area (Å²) in [5.41, 5.74) is 7.50. The second-order valence-electron chi connectivity index (χ2n) is 8.67. The lowest BCUT2D eigenvalue weighted by Gasteiger charge is -2.17. The van der Waals surface area contributed by atoms with Crippen LogP contribution in [0.4, 0.5) is 0 Å². The van der Waals surface area contributed by atoms with Crippen molar-refractivity contribution >= 4 is 45.8 Å². The lowest BCUT2D eigenvalue weighted by Crippen LogP contribution is -2.19. The zero-order valence-corrected chi connectivity index (χ0v) is 23.4. The fraction of sp³-hybridized carbons (Fsp3) is 0.148. The highest BCUT2D eigenvalue weighted by molar-refractivity contribution is 7.16. The van der Waals surface area contributed by atoms with E-state index in [2.05, 4.69) is 4.98 Å². The molecule has 2 aromatic carbocycles. The zero-order chi connectivity index (χ0) is 29.4. The van der Waals surface area contributed by atoms with Crippen LogP contribution in [0.2, 0.25) is 5.02 Å². The van der Waals surface area contributed by atoms with E-state index >= 15 is 0 Å². The number of ether oxygens (including phenoxy) is 3. The summed E-state index contributed by atoms with van der Waals surface area (Å²) in [6, 6.07) is 11.8. The fourth-order valence-electron chi connectivity index (χ4n) is 4.12. The molecule has 4 N–H and O–H groups in total. The number of carbonyl (C=O) groups is 2. The Morgan fingerprint density at radius 2 is 1.68 bits per heavy atom. The zero-order valence-electron chi connectivity index (χ0n) is 21.8. The van der Waals surface area contributed by atoms with Crippen molar-refractivity contribution in [1.29, 1.82) is 0 Å². The Balaban J connectivity index is 1.45. The molecule has 0 unspecified atom stereocenters. The Hall–Kier alpha value is -4.88. The molecule has 0 aliphatic rings. The number of methoxy groups -OCH3 is 2. The van der Waals surface area contributed by atoms with Crippen LogP contribution in [0, 0.1) is 0 Å². The average Bonchev–Trinajstić information content (AvgIpc) is 3.65. The number of rotatable bonds is 9. The molecular formula is C27H23ClN4O8S. The molecule has 1 amide bonds. The highest BCUT2D eigenvalue weighted by Gasteiger charge is 2.23. The van der Waals surface area contributed by atoms with E-state index in [4.69, 9.17) is 36.4 Å². The third-order valence-electron chi connectivity index (χ3n) is 6.14. The Morgan fingerprint density at radius 1 is 1.00 bits per heavy atom. The lowest BCUT2D eigenvalue weighted by atomic mass is 10.1. The second-order valence-corrected chi connectivity index (χ2v) is 10.1. The highest BCUT2D eigenvalue weighted by atomic mass is 35.5. The lowest BCUT2D eigenvalue weighted by molar-refractivity contribution is 0.0381. The Kier molecular flexibility index (Phi) is 7.39. The highest BCUT2D eigenvalue weighted by Crippen LogP contribution is 2.39. The van der Waals surface area contributed by atoms with Crippen molar-refractivity contribution in [3.05, 3.63) is 75.9 Å². The van der Waals surface area contributed by atoms with Gasteiger partial charge in [-0.05, 0) is 25.1 Å². The van der Waals surface area contributed by atoms with Crippen LogP contribution in [0.1, 0.15) is 38.6 Å². The molecule has 0 fully saturated rings. The van der Waals surface area contributed by atoms with Crippen LogP contribution in [0.5, 0.6) is 29.0 Å². The molecular weight excluding hydrogens is 576 g/mol.